The van der Waals surface area contributed by atoms with Crippen LogP contribution in [0.2, 0.25) is 0 Å². The van der Waals surface area contributed by atoms with E-state index in [4.69, 9.17) is 0 Å². The summed E-state index contributed by atoms with van der Waals surface area (Å²) in [5.74, 6) is 0. The summed E-state index contributed by atoms with van der Waals surface area (Å²) in [5, 5.41) is 55.4. The van der Waals surface area contributed by atoms with Crippen LogP contribution in [0.4, 0.5) is 0 Å². The molecule has 0 amide bonds. The van der Waals surface area contributed by atoms with Gasteiger partial charge < -0.3 is 20.7 Å². The number of aliphatic hydroxyl groups is 1. The molecular weight excluding hydrogens is 279 g/mol. The molecule has 0 aliphatic heterocycles. The summed E-state index contributed by atoms with van der Waals surface area (Å²) in [4.78, 5) is 8.26. The van der Waals surface area contributed by atoms with Crippen LogP contribution < -0.4 is 56.3 Å². The Morgan fingerprint density at radius 2 is 2.06 bits per heavy atom. The van der Waals surface area contributed by atoms with E-state index in [1.807, 2.05) is 0 Å². The largest absolute Gasteiger partial charge is 1.00 e. The summed E-state index contributed by atoms with van der Waals surface area (Å²) in [5.41, 5.74) is -2.87. The fraction of sp³-hybridized carbons (Fsp3) is 0.167. The van der Waals surface area contributed by atoms with Gasteiger partial charge in [0.25, 0.3) is 11.4 Å². The number of nitro groups is 1. The molecule has 0 saturated carbocycles. The Morgan fingerprint density at radius 1 is 1.44 bits per heavy atom. The fourth-order valence-corrected chi connectivity index (χ4v) is 1.38. The molecule has 1 aliphatic carbocycles. The van der Waals surface area contributed by atoms with Crippen LogP contribution in [0.15, 0.2) is 16.4 Å². The summed E-state index contributed by atoms with van der Waals surface area (Å²) >= 11 is 0. The normalized spacial score (nSPS) is 17.5. The molecule has 0 radical (unpaired) electrons. The zero-order valence-corrected chi connectivity index (χ0v) is 12.0. The zero-order valence-electron chi connectivity index (χ0n) is 8.84. The summed E-state index contributed by atoms with van der Waals surface area (Å²) in [7, 11) is 0. The summed E-state index contributed by atoms with van der Waals surface area (Å²) in [6.07, 6.45) is -1.39. The van der Waals surface area contributed by atoms with Gasteiger partial charge in [0.15, 0.2) is 0 Å². The third-order valence-electron chi connectivity index (χ3n) is 2.12. The molecule has 1 unspecified atom stereocenters. The molecule has 11 nitrogen and oxygen atoms in total. The van der Waals surface area contributed by atoms with E-state index >= 15 is 0 Å². The summed E-state index contributed by atoms with van der Waals surface area (Å²) in [6, 6.07) is 0. The van der Waals surface area contributed by atoms with Crippen molar-refractivity contribution >= 4 is 5.71 Å². The number of fused-ring (bicyclic) bond motifs is 1. The monoisotopic (exact) mass is 282 g/mol. The van der Waals surface area contributed by atoms with E-state index in [0.29, 0.717) is 6.08 Å². The van der Waals surface area contributed by atoms with Crippen LogP contribution in [0.1, 0.15) is 17.5 Å². The third kappa shape index (κ3) is 2.25. The quantitative estimate of drug-likeness (QED) is 0.232. The number of aromatic nitrogens is 2. The van der Waals surface area contributed by atoms with Gasteiger partial charge in [0.1, 0.15) is 0 Å². The Kier molecular flexibility index (Phi) is 4.41. The predicted molar refractivity (Wildman–Crippen MR) is 46.6 cm³/mol. The molecule has 1 aromatic rings. The van der Waals surface area contributed by atoms with E-state index in [1.54, 1.807) is 0 Å². The van der Waals surface area contributed by atoms with Gasteiger partial charge in [0.2, 0.25) is 11.8 Å². The standard InChI is InChI=1S/C6H3N4O7.K/c11-6-3(9(14)15)1-2(8(12)13)4-5(6)10(16)17-7-4;/h1,6,11H;/q-1;+1. The van der Waals surface area contributed by atoms with Gasteiger partial charge in [-0.25, -0.2) is 0 Å². The van der Waals surface area contributed by atoms with E-state index in [2.05, 4.69) is 9.79 Å². The maximum atomic E-state index is 11.1. The SMILES string of the molecule is O=[N+]([O-])C1=CC(=[N+]([O-])[O-])c2no[n+]([O-])c2C1O.[K+]. The first-order chi connectivity index (χ1) is 7.93. The molecule has 0 fully saturated rings. The Labute approximate surface area is 140 Å². The molecule has 1 aromatic heterocycles. The molecule has 0 spiro atoms. The fourth-order valence-electron chi connectivity index (χ4n) is 1.38. The van der Waals surface area contributed by atoms with Crippen LogP contribution in [0, 0.1) is 25.7 Å². The van der Waals surface area contributed by atoms with Gasteiger partial charge in [0, 0.05) is 0 Å². The molecule has 2 rings (SSSR count). The second-order valence-electron chi connectivity index (χ2n) is 3.04. The van der Waals surface area contributed by atoms with Crippen molar-refractivity contribution in [3.63, 3.8) is 0 Å². The Hall–Kier alpha value is -1.05. The molecular formula is C6H3KN4O7. The third-order valence-corrected chi connectivity index (χ3v) is 2.12. The minimum atomic E-state index is -1.92. The van der Waals surface area contributed by atoms with Crippen molar-refractivity contribution in [1.82, 2.24) is 5.16 Å². The number of hydrogen-bond acceptors (Lipinski definition) is 8. The molecule has 1 aliphatic rings. The minimum Gasteiger partial charge on any atom is -0.612 e. The molecule has 90 valence electrons. The first-order valence-electron chi connectivity index (χ1n) is 4.09. The van der Waals surface area contributed by atoms with Crippen LogP contribution in [0.5, 0.6) is 0 Å². The van der Waals surface area contributed by atoms with Gasteiger partial charge in [-0.2, -0.15) is 4.90 Å². The van der Waals surface area contributed by atoms with E-state index in [9.17, 15) is 30.8 Å². The van der Waals surface area contributed by atoms with Crippen molar-refractivity contribution in [3.8, 4) is 0 Å². The van der Waals surface area contributed by atoms with Crippen LogP contribution in [-0.4, -0.2) is 25.8 Å². The molecule has 0 saturated heterocycles. The molecule has 1 N–H and O–H groups in total. The van der Waals surface area contributed by atoms with Crippen molar-refractivity contribution in [2.45, 2.75) is 6.10 Å². The van der Waals surface area contributed by atoms with Gasteiger partial charge >= 0.3 is 57.1 Å². The molecule has 1 atom stereocenters. The van der Waals surface area contributed by atoms with Crippen molar-refractivity contribution in [1.29, 1.82) is 0 Å². The topological polar surface area (TPSA) is 165 Å². The van der Waals surface area contributed by atoms with Gasteiger partial charge in [-0.15, -0.1) is 0 Å². The van der Waals surface area contributed by atoms with Crippen LogP contribution in [0.3, 0.4) is 0 Å². The van der Waals surface area contributed by atoms with E-state index in [0.717, 1.165) is 0 Å². The van der Waals surface area contributed by atoms with Crippen molar-refractivity contribution in [2.24, 2.45) is 0 Å². The van der Waals surface area contributed by atoms with Gasteiger partial charge in [-0.05, 0) is 4.90 Å². The number of hydrogen-bond donors (Lipinski definition) is 1. The second-order valence-corrected chi connectivity index (χ2v) is 3.04. The number of nitrogens with zero attached hydrogens (tertiary/aromatic N) is 4. The summed E-state index contributed by atoms with van der Waals surface area (Å²) in [6.45, 7) is 0. The Morgan fingerprint density at radius 3 is 2.56 bits per heavy atom. The van der Waals surface area contributed by atoms with Crippen LogP contribution in [0.25, 0.3) is 0 Å². The van der Waals surface area contributed by atoms with Crippen molar-refractivity contribution in [3.05, 3.63) is 48.9 Å². The van der Waals surface area contributed by atoms with Crippen molar-refractivity contribution < 1.29 is 75.8 Å². The molecule has 1 heterocycles. The molecule has 18 heavy (non-hydrogen) atoms. The first-order valence-corrected chi connectivity index (χ1v) is 4.09. The second kappa shape index (κ2) is 5.29. The predicted octanol–water partition coefficient (Wildman–Crippen LogP) is -4.68. The maximum absolute atomic E-state index is 11.1. The molecule has 12 heteroatoms. The average molecular weight is 282 g/mol. The zero-order chi connectivity index (χ0) is 12.7. The summed E-state index contributed by atoms with van der Waals surface area (Å²) < 4.78 is 4.07. The van der Waals surface area contributed by atoms with Gasteiger partial charge in [-0.1, -0.05) is 0 Å². The molecule has 0 aromatic carbocycles. The van der Waals surface area contributed by atoms with E-state index < -0.39 is 38.7 Å². The van der Waals surface area contributed by atoms with Crippen molar-refractivity contribution in [2.75, 3.05) is 0 Å². The first kappa shape index (κ1) is 15.0. The number of aliphatic hydroxyl groups excluding tert-OH is 1. The Balaban J connectivity index is 0.00000162. The number of rotatable bonds is 1. The van der Waals surface area contributed by atoms with Crippen LogP contribution >= 0.6 is 0 Å². The maximum Gasteiger partial charge on any atom is 1.00 e. The molecule has 0 bridgehead atoms. The smallest absolute Gasteiger partial charge is 0.612 e. The van der Waals surface area contributed by atoms with E-state index in [-0.39, 0.29) is 56.3 Å². The van der Waals surface area contributed by atoms with E-state index in [1.165, 1.54) is 0 Å². The average Bonchev–Trinajstić information content (AvgIpc) is 2.61. The Bertz CT molecular complexity index is 560. The minimum absolute atomic E-state index is 0. The number of allylic oxidation sites excluding steroid dienone is 1. The van der Waals surface area contributed by atoms with Crippen LogP contribution in [-0.2, 0) is 0 Å². The van der Waals surface area contributed by atoms with Gasteiger partial charge in [0.05, 0.1) is 16.2 Å². The van der Waals surface area contributed by atoms with Gasteiger partial charge in [-0.3, -0.25) is 14.7 Å².